The van der Waals surface area contributed by atoms with Crippen molar-refractivity contribution in [3.63, 3.8) is 0 Å². The third kappa shape index (κ3) is 6.15. The van der Waals surface area contributed by atoms with Crippen LogP contribution in [0.3, 0.4) is 0 Å². The van der Waals surface area contributed by atoms with Crippen LogP contribution in [0.25, 0.3) is 6.08 Å². The maximum atomic E-state index is 12.6. The number of halogens is 2. The molecule has 3 rings (SSSR count). The Kier molecular flexibility index (Phi) is 8.65. The lowest BCUT2D eigenvalue weighted by Gasteiger charge is -2.15. The summed E-state index contributed by atoms with van der Waals surface area (Å²) in [6.07, 6.45) is 1.70. The number of benzene rings is 2. The summed E-state index contributed by atoms with van der Waals surface area (Å²) in [7, 11) is 1.53. The topological polar surface area (TPSA) is 65.1 Å². The number of carbonyl (C=O) groups excluding carboxylic acids is 2. The predicted molar refractivity (Wildman–Crippen MR) is 131 cm³/mol. The minimum absolute atomic E-state index is 0.234. The molecule has 1 saturated heterocycles. The Morgan fingerprint density at radius 1 is 1.16 bits per heavy atom. The maximum absolute atomic E-state index is 12.6. The van der Waals surface area contributed by atoms with Crippen molar-refractivity contribution in [1.29, 1.82) is 0 Å². The van der Waals surface area contributed by atoms with Gasteiger partial charge < -0.3 is 14.2 Å². The van der Waals surface area contributed by atoms with Crippen LogP contribution in [-0.4, -0.2) is 42.9 Å². The molecule has 0 radical (unpaired) electrons. The van der Waals surface area contributed by atoms with Crippen molar-refractivity contribution in [2.45, 2.75) is 13.5 Å². The second kappa shape index (κ2) is 11.2. The van der Waals surface area contributed by atoms with Crippen LogP contribution in [0, 0.1) is 3.57 Å². The summed E-state index contributed by atoms with van der Waals surface area (Å²) in [6, 6.07) is 11.2. The molecule has 1 fully saturated rings. The van der Waals surface area contributed by atoms with Gasteiger partial charge in [0.1, 0.15) is 6.61 Å². The third-order valence-electron chi connectivity index (χ3n) is 4.32. The van der Waals surface area contributed by atoms with Crippen molar-refractivity contribution < 1.29 is 23.8 Å². The molecule has 2 aromatic carbocycles. The maximum Gasteiger partial charge on any atom is 0.293 e. The molecular formula is C22H21ClINO5S. The summed E-state index contributed by atoms with van der Waals surface area (Å²) in [4.78, 5) is 26.3. The Morgan fingerprint density at radius 2 is 1.90 bits per heavy atom. The number of ether oxygens (including phenoxy) is 3. The van der Waals surface area contributed by atoms with E-state index in [1.54, 1.807) is 6.08 Å². The molecule has 0 aromatic heterocycles. The normalized spacial score (nSPS) is 15.1. The molecule has 0 spiro atoms. The van der Waals surface area contributed by atoms with Crippen LogP contribution in [0.5, 0.6) is 11.5 Å². The van der Waals surface area contributed by atoms with Crippen molar-refractivity contribution in [1.82, 2.24) is 4.90 Å². The van der Waals surface area contributed by atoms with E-state index in [0.29, 0.717) is 41.2 Å². The van der Waals surface area contributed by atoms with Crippen LogP contribution in [-0.2, 0) is 16.1 Å². The highest BCUT2D eigenvalue weighted by Crippen LogP contribution is 2.37. The molecule has 0 N–H and O–H groups in total. The summed E-state index contributed by atoms with van der Waals surface area (Å²) in [5.41, 5.74) is 1.74. The minimum atomic E-state index is -0.317. The van der Waals surface area contributed by atoms with E-state index >= 15 is 0 Å². The van der Waals surface area contributed by atoms with Gasteiger partial charge in [0.05, 0.1) is 28.2 Å². The summed E-state index contributed by atoms with van der Waals surface area (Å²) in [5, 5.41) is 0.375. The lowest BCUT2D eigenvalue weighted by Crippen LogP contribution is -2.31. The zero-order valence-electron chi connectivity index (χ0n) is 17.0. The number of thioether (sulfide) groups is 1. The molecule has 2 aromatic rings. The van der Waals surface area contributed by atoms with Crippen LogP contribution in [0.2, 0.25) is 5.02 Å². The van der Waals surface area contributed by atoms with Crippen molar-refractivity contribution >= 4 is 63.2 Å². The first-order chi connectivity index (χ1) is 14.9. The molecule has 0 atom stereocenters. The largest absolute Gasteiger partial charge is 0.490 e. The van der Waals surface area contributed by atoms with E-state index in [1.165, 1.54) is 12.0 Å². The lowest BCUT2D eigenvalue weighted by atomic mass is 10.1. The zero-order chi connectivity index (χ0) is 22.4. The van der Waals surface area contributed by atoms with E-state index in [4.69, 9.17) is 25.8 Å². The van der Waals surface area contributed by atoms with Gasteiger partial charge in [0, 0.05) is 12.1 Å². The van der Waals surface area contributed by atoms with Crippen molar-refractivity contribution in [2.24, 2.45) is 0 Å². The van der Waals surface area contributed by atoms with Gasteiger partial charge in [-0.3, -0.25) is 14.5 Å². The molecule has 0 bridgehead atoms. The highest BCUT2D eigenvalue weighted by Gasteiger charge is 2.34. The van der Waals surface area contributed by atoms with E-state index in [2.05, 4.69) is 22.6 Å². The van der Waals surface area contributed by atoms with Gasteiger partial charge in [0.15, 0.2) is 11.5 Å². The number of rotatable bonds is 9. The number of hydrogen-bond acceptors (Lipinski definition) is 6. The van der Waals surface area contributed by atoms with Gasteiger partial charge >= 0.3 is 0 Å². The average molecular weight is 574 g/mol. The summed E-state index contributed by atoms with van der Waals surface area (Å²) in [5.74, 6) is 0.888. The fourth-order valence-electron chi connectivity index (χ4n) is 2.84. The van der Waals surface area contributed by atoms with E-state index in [-0.39, 0.29) is 17.7 Å². The number of nitrogens with zero attached hydrogens (tertiary/aromatic N) is 1. The molecule has 2 amide bonds. The first kappa shape index (κ1) is 23.9. The van der Waals surface area contributed by atoms with E-state index < -0.39 is 0 Å². The summed E-state index contributed by atoms with van der Waals surface area (Å²) in [6.45, 7) is 3.26. The Hall–Kier alpha value is -1.75. The van der Waals surface area contributed by atoms with Crippen LogP contribution >= 0.6 is 46.0 Å². The molecule has 1 heterocycles. The molecule has 164 valence electrons. The van der Waals surface area contributed by atoms with Gasteiger partial charge in [0.2, 0.25) is 0 Å². The van der Waals surface area contributed by atoms with Crippen molar-refractivity contribution in [2.75, 3.05) is 26.9 Å². The molecular weight excluding hydrogens is 553 g/mol. The van der Waals surface area contributed by atoms with Gasteiger partial charge in [-0.2, -0.15) is 0 Å². The SMILES string of the molecule is CCOc1cc(/C=C2/SC(=O)N(CCOC)C2=O)cc(I)c1OCc1ccc(Cl)cc1. The fourth-order valence-corrected chi connectivity index (χ4v) is 4.61. The molecule has 31 heavy (non-hydrogen) atoms. The van der Waals surface area contributed by atoms with Gasteiger partial charge in [-0.1, -0.05) is 23.7 Å². The quantitative estimate of drug-likeness (QED) is 0.287. The Labute approximate surface area is 204 Å². The second-order valence-corrected chi connectivity index (χ2v) is 9.10. The molecule has 0 aliphatic carbocycles. The fraction of sp³-hybridized carbons (Fsp3) is 0.273. The standard InChI is InChI=1S/C22H21ClINO5S/c1-3-29-18-11-15(12-19-21(26)25(8-9-28-2)22(27)31-19)10-17(24)20(18)30-13-14-4-6-16(23)7-5-14/h4-7,10-12H,3,8-9,13H2,1-2H3/b19-12+. The summed E-state index contributed by atoms with van der Waals surface area (Å²) < 4.78 is 17.6. The highest BCUT2D eigenvalue weighted by molar-refractivity contribution is 14.1. The highest BCUT2D eigenvalue weighted by atomic mass is 127. The lowest BCUT2D eigenvalue weighted by molar-refractivity contribution is -0.123. The first-order valence-electron chi connectivity index (χ1n) is 9.50. The van der Waals surface area contributed by atoms with E-state index in [0.717, 1.165) is 26.5 Å². The van der Waals surface area contributed by atoms with Gasteiger partial charge in [-0.25, -0.2) is 0 Å². The number of methoxy groups -OCH3 is 1. The molecule has 0 unspecified atom stereocenters. The zero-order valence-corrected chi connectivity index (χ0v) is 20.8. The monoisotopic (exact) mass is 573 g/mol. The van der Waals surface area contributed by atoms with Gasteiger partial charge in [0.25, 0.3) is 11.1 Å². The number of imide groups is 1. The van der Waals surface area contributed by atoms with Crippen molar-refractivity contribution in [3.05, 3.63) is 61.0 Å². The minimum Gasteiger partial charge on any atom is -0.490 e. The van der Waals surface area contributed by atoms with Crippen LogP contribution < -0.4 is 9.47 Å². The summed E-state index contributed by atoms with van der Waals surface area (Å²) >= 11 is 9.04. The van der Waals surface area contributed by atoms with Crippen LogP contribution in [0.15, 0.2) is 41.3 Å². The van der Waals surface area contributed by atoms with Gasteiger partial charge in [-0.15, -0.1) is 0 Å². The van der Waals surface area contributed by atoms with Gasteiger partial charge in [-0.05, 0) is 82.7 Å². The van der Waals surface area contributed by atoms with Crippen molar-refractivity contribution in [3.8, 4) is 11.5 Å². The Bertz CT molecular complexity index is 996. The smallest absolute Gasteiger partial charge is 0.293 e. The Morgan fingerprint density at radius 3 is 2.58 bits per heavy atom. The molecule has 9 heteroatoms. The average Bonchev–Trinajstić information content (AvgIpc) is 3.00. The van der Waals surface area contributed by atoms with E-state index in [1.807, 2.05) is 43.3 Å². The van der Waals surface area contributed by atoms with E-state index in [9.17, 15) is 9.59 Å². The van der Waals surface area contributed by atoms with Crippen LogP contribution in [0.4, 0.5) is 4.79 Å². The number of amides is 2. The molecule has 1 aliphatic rings. The first-order valence-corrected chi connectivity index (χ1v) is 11.8. The number of hydrogen-bond donors (Lipinski definition) is 0. The third-order valence-corrected chi connectivity index (χ3v) is 6.28. The number of carbonyl (C=O) groups is 2. The molecule has 0 saturated carbocycles. The van der Waals surface area contributed by atoms with Crippen LogP contribution in [0.1, 0.15) is 18.1 Å². The second-order valence-electron chi connectivity index (χ2n) is 6.50. The Balaban J connectivity index is 1.82. The molecule has 6 nitrogen and oxygen atoms in total. The predicted octanol–water partition coefficient (Wildman–Crippen LogP) is 5.61. The molecule has 1 aliphatic heterocycles.